The van der Waals surface area contributed by atoms with Gasteiger partial charge in [0.1, 0.15) is 0 Å². The molecule has 0 saturated carbocycles. The molecule has 11 nitrogen and oxygen atoms in total. The Labute approximate surface area is 237 Å². The second kappa shape index (κ2) is 12.9. The van der Waals surface area contributed by atoms with Crippen molar-refractivity contribution in [3.05, 3.63) is 59.4 Å². The van der Waals surface area contributed by atoms with Gasteiger partial charge < -0.3 is 29.4 Å². The van der Waals surface area contributed by atoms with Crippen molar-refractivity contribution in [3.8, 4) is 11.5 Å². The zero-order chi connectivity index (χ0) is 28.8. The minimum Gasteiger partial charge on any atom is -0.459 e. The summed E-state index contributed by atoms with van der Waals surface area (Å²) in [6.07, 6.45) is -0.241. The first kappa shape index (κ1) is 28.9. The normalized spacial score (nSPS) is 12.9. The molecule has 1 aliphatic rings. The van der Waals surface area contributed by atoms with E-state index in [1.165, 1.54) is 11.8 Å². The lowest BCUT2D eigenvalue weighted by atomic mass is 10.0. The van der Waals surface area contributed by atoms with E-state index in [1.807, 2.05) is 25.3 Å². The van der Waals surface area contributed by atoms with Gasteiger partial charge in [0.05, 0.1) is 23.5 Å². The highest BCUT2D eigenvalue weighted by Gasteiger charge is 2.27. The number of thioether (sulfide) groups is 1. The summed E-state index contributed by atoms with van der Waals surface area (Å²) in [6, 6.07) is 11.2. The number of amides is 2. The van der Waals surface area contributed by atoms with Crippen molar-refractivity contribution in [3.63, 3.8) is 0 Å². The molecule has 2 N–H and O–H groups in total. The summed E-state index contributed by atoms with van der Waals surface area (Å²) in [5.74, 6) is 0.857. The van der Waals surface area contributed by atoms with Crippen LogP contribution in [0.5, 0.6) is 11.5 Å². The third-order valence-electron chi connectivity index (χ3n) is 5.99. The number of benzene rings is 2. The molecule has 0 radical (unpaired) electrons. The molecule has 0 saturated heterocycles. The lowest BCUT2D eigenvalue weighted by molar-refractivity contribution is -0.113. The van der Waals surface area contributed by atoms with Crippen molar-refractivity contribution in [2.75, 3.05) is 17.9 Å². The van der Waals surface area contributed by atoms with Crippen LogP contribution in [0.25, 0.3) is 0 Å². The number of fused-ring (bicyclic) bond motifs is 1. The summed E-state index contributed by atoms with van der Waals surface area (Å²) in [5.41, 5.74) is 1.30. The maximum absolute atomic E-state index is 13.1. The maximum Gasteiger partial charge on any atom is 0.338 e. The number of carbonyl (C=O) groups is 3. The SMILES string of the molecule is CCn1c(SCC(=O)Nc2cccc(C(=O)OC(C)C)c2)nnc1C(NC(=O)c1ccc2c(c1)OCO2)C(C)C. The largest absolute Gasteiger partial charge is 0.459 e. The Morgan fingerprint density at radius 3 is 2.52 bits per heavy atom. The smallest absolute Gasteiger partial charge is 0.338 e. The van der Waals surface area contributed by atoms with Crippen LogP contribution in [0.3, 0.4) is 0 Å². The number of hydrogen-bond donors (Lipinski definition) is 2. The van der Waals surface area contributed by atoms with Crippen LogP contribution in [0.4, 0.5) is 5.69 Å². The molecule has 1 aromatic heterocycles. The van der Waals surface area contributed by atoms with Gasteiger partial charge in [-0.1, -0.05) is 31.7 Å². The molecule has 212 valence electrons. The number of nitrogens with zero attached hydrogens (tertiary/aromatic N) is 3. The second-order valence-corrected chi connectivity index (χ2v) is 10.7. The van der Waals surface area contributed by atoms with Gasteiger partial charge in [0.2, 0.25) is 12.7 Å². The topological polar surface area (TPSA) is 134 Å². The van der Waals surface area contributed by atoms with Gasteiger partial charge in [-0.15, -0.1) is 10.2 Å². The van der Waals surface area contributed by atoms with Crippen molar-refractivity contribution in [2.24, 2.45) is 5.92 Å². The molecule has 1 atom stereocenters. The Bertz CT molecular complexity index is 1390. The molecule has 1 aliphatic heterocycles. The number of rotatable bonds is 11. The minimum absolute atomic E-state index is 0.0169. The van der Waals surface area contributed by atoms with E-state index in [0.717, 1.165) is 0 Å². The highest BCUT2D eigenvalue weighted by molar-refractivity contribution is 7.99. The molecule has 0 fully saturated rings. The number of nitrogens with one attached hydrogen (secondary N) is 2. The number of hydrogen-bond acceptors (Lipinski definition) is 9. The third-order valence-corrected chi connectivity index (χ3v) is 6.95. The van der Waals surface area contributed by atoms with Gasteiger partial charge in [0.25, 0.3) is 5.91 Å². The van der Waals surface area contributed by atoms with E-state index in [9.17, 15) is 14.4 Å². The van der Waals surface area contributed by atoms with Crippen LogP contribution in [0.1, 0.15) is 67.2 Å². The summed E-state index contributed by atoms with van der Waals surface area (Å²) < 4.78 is 17.8. The third kappa shape index (κ3) is 6.92. The average Bonchev–Trinajstić information content (AvgIpc) is 3.56. The van der Waals surface area contributed by atoms with Gasteiger partial charge in [0, 0.05) is 17.8 Å². The van der Waals surface area contributed by atoms with E-state index in [-0.39, 0.29) is 36.4 Å². The van der Waals surface area contributed by atoms with E-state index in [4.69, 9.17) is 14.2 Å². The Kier molecular flexibility index (Phi) is 9.30. The van der Waals surface area contributed by atoms with Crippen molar-refractivity contribution in [1.82, 2.24) is 20.1 Å². The molecule has 2 amide bonds. The highest BCUT2D eigenvalue weighted by Crippen LogP contribution is 2.33. The van der Waals surface area contributed by atoms with Crippen molar-refractivity contribution < 1.29 is 28.6 Å². The Balaban J connectivity index is 1.41. The number of ether oxygens (including phenoxy) is 3. The summed E-state index contributed by atoms with van der Waals surface area (Å²) in [6.45, 7) is 10.2. The van der Waals surface area contributed by atoms with Gasteiger partial charge in [0.15, 0.2) is 22.5 Å². The standard InChI is InChI=1S/C28H33N5O6S/c1-6-33-25(24(16(2)3)30-26(35)18-10-11-21-22(13-18)38-15-37-21)31-32-28(33)40-14-23(34)29-20-9-7-8-19(12-20)27(36)39-17(4)5/h7-13,16-17,24H,6,14-15H2,1-5H3,(H,29,34)(H,30,35). The molecule has 4 rings (SSSR count). The average molecular weight is 568 g/mol. The molecule has 3 aromatic rings. The van der Waals surface area contributed by atoms with Crippen LogP contribution in [0, 0.1) is 5.92 Å². The van der Waals surface area contributed by atoms with Crippen LogP contribution in [0.2, 0.25) is 0 Å². The van der Waals surface area contributed by atoms with Crippen LogP contribution in [-0.2, 0) is 16.1 Å². The monoisotopic (exact) mass is 567 g/mol. The number of carbonyl (C=O) groups excluding carboxylic acids is 3. The fourth-order valence-corrected chi connectivity index (χ4v) is 4.87. The summed E-state index contributed by atoms with van der Waals surface area (Å²) in [5, 5.41) is 15.1. The van der Waals surface area contributed by atoms with Gasteiger partial charge >= 0.3 is 5.97 Å². The molecule has 0 spiro atoms. The van der Waals surface area contributed by atoms with Crippen molar-refractivity contribution in [1.29, 1.82) is 0 Å². The van der Waals surface area contributed by atoms with Crippen LogP contribution in [-0.4, -0.2) is 51.2 Å². The molecule has 0 bridgehead atoms. The quantitative estimate of drug-likeness (QED) is 0.255. The predicted octanol–water partition coefficient (Wildman–Crippen LogP) is 4.45. The zero-order valence-electron chi connectivity index (χ0n) is 23.1. The minimum atomic E-state index is -0.450. The summed E-state index contributed by atoms with van der Waals surface area (Å²) >= 11 is 1.24. The van der Waals surface area contributed by atoms with Gasteiger partial charge in [-0.25, -0.2) is 4.79 Å². The molecular formula is C28H33N5O6S. The van der Waals surface area contributed by atoms with E-state index < -0.39 is 12.0 Å². The van der Waals surface area contributed by atoms with Gasteiger partial charge in [-0.3, -0.25) is 9.59 Å². The first-order valence-corrected chi connectivity index (χ1v) is 14.0. The second-order valence-electron chi connectivity index (χ2n) is 9.72. The van der Waals surface area contributed by atoms with Gasteiger partial charge in [-0.2, -0.15) is 0 Å². The Morgan fingerprint density at radius 2 is 1.80 bits per heavy atom. The zero-order valence-corrected chi connectivity index (χ0v) is 23.9. The Morgan fingerprint density at radius 1 is 1.02 bits per heavy atom. The molecule has 40 heavy (non-hydrogen) atoms. The summed E-state index contributed by atoms with van der Waals surface area (Å²) in [7, 11) is 0. The lowest BCUT2D eigenvalue weighted by Crippen LogP contribution is -2.33. The molecule has 1 unspecified atom stereocenters. The van der Waals surface area contributed by atoms with E-state index >= 15 is 0 Å². The molecule has 12 heteroatoms. The van der Waals surface area contributed by atoms with E-state index in [1.54, 1.807) is 56.3 Å². The van der Waals surface area contributed by atoms with Crippen LogP contribution < -0.4 is 20.1 Å². The van der Waals surface area contributed by atoms with Crippen molar-refractivity contribution in [2.45, 2.75) is 58.5 Å². The molecular weight excluding hydrogens is 534 g/mol. The number of anilines is 1. The molecule has 0 aliphatic carbocycles. The first-order valence-electron chi connectivity index (χ1n) is 13.0. The van der Waals surface area contributed by atoms with Crippen molar-refractivity contribution >= 4 is 35.2 Å². The fraction of sp³-hybridized carbons (Fsp3) is 0.393. The van der Waals surface area contributed by atoms with Gasteiger partial charge in [-0.05, 0) is 63.1 Å². The summed E-state index contributed by atoms with van der Waals surface area (Å²) in [4.78, 5) is 38.0. The predicted molar refractivity (Wildman–Crippen MR) is 150 cm³/mol. The lowest BCUT2D eigenvalue weighted by Gasteiger charge is -2.22. The number of esters is 1. The molecule has 2 heterocycles. The van der Waals surface area contributed by atoms with E-state index in [2.05, 4.69) is 20.8 Å². The van der Waals surface area contributed by atoms with Crippen LogP contribution in [0.15, 0.2) is 47.6 Å². The number of aromatic nitrogens is 3. The van der Waals surface area contributed by atoms with E-state index in [0.29, 0.717) is 45.8 Å². The maximum atomic E-state index is 13.1. The fourth-order valence-electron chi connectivity index (χ4n) is 4.06. The highest BCUT2D eigenvalue weighted by atomic mass is 32.2. The van der Waals surface area contributed by atoms with Crippen LogP contribution >= 0.6 is 11.8 Å². The Hall–Kier alpha value is -4.06. The molecule has 2 aromatic carbocycles. The first-order chi connectivity index (χ1) is 19.2.